The van der Waals surface area contributed by atoms with E-state index in [0.29, 0.717) is 11.1 Å². The van der Waals surface area contributed by atoms with Crippen LogP contribution in [0.1, 0.15) is 20.7 Å². The van der Waals surface area contributed by atoms with Crippen LogP contribution in [-0.4, -0.2) is 22.2 Å². The SMILES string of the molecule is O=C(O)c1ccccc1.O=C(O)c1ccccc1.[Ru].c1ccc(P(c2ccccc2)c2ccccc2)cc1.c1ccc(P(c2ccccc2)c2ccccc2)cc1. The molecule has 4 nitrogen and oxygen atoms in total. The molecular formula is C50H42O4P2Ru. The Balaban J connectivity index is 0.000000178. The van der Waals surface area contributed by atoms with Crippen LogP contribution in [0.5, 0.6) is 0 Å². The first-order valence-electron chi connectivity index (χ1n) is 18.0. The van der Waals surface area contributed by atoms with Crippen LogP contribution in [0.25, 0.3) is 0 Å². The minimum atomic E-state index is -0.879. The largest absolute Gasteiger partial charge is 0.478 e. The van der Waals surface area contributed by atoms with E-state index in [-0.39, 0.29) is 19.5 Å². The van der Waals surface area contributed by atoms with Crippen LogP contribution in [0.4, 0.5) is 0 Å². The molecule has 0 saturated carbocycles. The summed E-state index contributed by atoms with van der Waals surface area (Å²) in [5.74, 6) is -1.76. The van der Waals surface area contributed by atoms with Gasteiger partial charge in [0.1, 0.15) is 0 Å². The third-order valence-corrected chi connectivity index (χ3v) is 13.0. The molecule has 8 aromatic rings. The van der Waals surface area contributed by atoms with Gasteiger partial charge in [-0.3, -0.25) is 0 Å². The number of carboxylic acids is 2. The van der Waals surface area contributed by atoms with Crippen molar-refractivity contribution in [3.63, 3.8) is 0 Å². The molecule has 0 aliphatic heterocycles. The monoisotopic (exact) mass is 870 g/mol. The van der Waals surface area contributed by atoms with Gasteiger partial charge in [-0.25, -0.2) is 9.59 Å². The molecule has 0 spiro atoms. The molecule has 7 heteroatoms. The van der Waals surface area contributed by atoms with Crippen LogP contribution in [0.3, 0.4) is 0 Å². The van der Waals surface area contributed by atoms with Crippen molar-refractivity contribution in [1.82, 2.24) is 0 Å². The number of benzene rings is 8. The fraction of sp³-hybridized carbons (Fsp3) is 0. The van der Waals surface area contributed by atoms with E-state index in [1.54, 1.807) is 60.7 Å². The van der Waals surface area contributed by atoms with Gasteiger partial charge in [0, 0.05) is 19.5 Å². The normalized spacial score (nSPS) is 9.86. The predicted octanol–water partition coefficient (Wildman–Crippen LogP) is 9.66. The number of rotatable bonds is 8. The second-order valence-corrected chi connectivity index (χ2v) is 16.5. The van der Waals surface area contributed by atoms with Crippen molar-refractivity contribution in [2.75, 3.05) is 0 Å². The van der Waals surface area contributed by atoms with E-state index in [1.807, 2.05) is 0 Å². The molecule has 0 saturated heterocycles. The molecule has 284 valence electrons. The first kappa shape index (κ1) is 43.9. The predicted molar refractivity (Wildman–Crippen MR) is 237 cm³/mol. The molecule has 0 bridgehead atoms. The van der Waals surface area contributed by atoms with Crippen molar-refractivity contribution in [1.29, 1.82) is 0 Å². The van der Waals surface area contributed by atoms with Gasteiger partial charge < -0.3 is 10.2 Å². The summed E-state index contributed by atoms with van der Waals surface area (Å²) in [6.07, 6.45) is 0. The number of carbonyl (C=O) groups is 2. The van der Waals surface area contributed by atoms with Gasteiger partial charge >= 0.3 is 11.9 Å². The number of aromatic carboxylic acids is 2. The quantitative estimate of drug-likeness (QED) is 0.118. The van der Waals surface area contributed by atoms with E-state index in [4.69, 9.17) is 10.2 Å². The molecule has 57 heavy (non-hydrogen) atoms. The van der Waals surface area contributed by atoms with Gasteiger partial charge in [0.25, 0.3) is 0 Å². The molecule has 0 heterocycles. The fourth-order valence-electron chi connectivity index (χ4n) is 5.52. The third-order valence-electron chi connectivity index (χ3n) is 8.13. The average molecular weight is 870 g/mol. The van der Waals surface area contributed by atoms with Gasteiger partial charge in [0.05, 0.1) is 11.1 Å². The topological polar surface area (TPSA) is 74.6 Å². The van der Waals surface area contributed by atoms with Gasteiger partial charge in [-0.05, 0) is 71.9 Å². The van der Waals surface area contributed by atoms with Crippen molar-refractivity contribution < 1.29 is 39.3 Å². The summed E-state index contributed by atoms with van der Waals surface area (Å²) in [7, 11) is -0.892. The summed E-state index contributed by atoms with van der Waals surface area (Å²) in [6.45, 7) is 0. The first-order valence-corrected chi connectivity index (χ1v) is 20.7. The Kier molecular flexibility index (Phi) is 19.0. The Bertz CT molecular complexity index is 1930. The summed E-state index contributed by atoms with van der Waals surface area (Å²) >= 11 is 0. The molecular weight excluding hydrogens is 828 g/mol. The van der Waals surface area contributed by atoms with Gasteiger partial charge in [0.2, 0.25) is 0 Å². The van der Waals surface area contributed by atoms with Gasteiger partial charge in [-0.1, -0.05) is 218 Å². The smallest absolute Gasteiger partial charge is 0.335 e. The van der Waals surface area contributed by atoms with Crippen LogP contribution in [0.2, 0.25) is 0 Å². The molecule has 0 aliphatic rings. The fourth-order valence-corrected chi connectivity index (χ4v) is 10.1. The van der Waals surface area contributed by atoms with Crippen molar-refractivity contribution in [3.8, 4) is 0 Å². The van der Waals surface area contributed by atoms with Crippen LogP contribution in [0.15, 0.2) is 243 Å². The summed E-state index contributed by atoms with van der Waals surface area (Å²) < 4.78 is 0. The van der Waals surface area contributed by atoms with E-state index in [2.05, 4.69) is 182 Å². The number of carboxylic acid groups (broad SMARTS) is 2. The second-order valence-electron chi connectivity index (χ2n) is 12.0. The Hall–Kier alpha value is -5.82. The van der Waals surface area contributed by atoms with E-state index in [0.717, 1.165) is 0 Å². The summed E-state index contributed by atoms with van der Waals surface area (Å²) in [4.78, 5) is 20.4. The van der Waals surface area contributed by atoms with Crippen molar-refractivity contribution in [3.05, 3.63) is 254 Å². The maximum atomic E-state index is 10.2. The average Bonchev–Trinajstić information content (AvgIpc) is 3.27. The van der Waals surface area contributed by atoms with Gasteiger partial charge in [-0.15, -0.1) is 0 Å². The molecule has 0 fully saturated rings. The Morgan fingerprint density at radius 2 is 0.404 bits per heavy atom. The molecule has 2 N–H and O–H groups in total. The van der Waals surface area contributed by atoms with E-state index in [9.17, 15) is 9.59 Å². The summed E-state index contributed by atoms with van der Waals surface area (Å²) in [5.41, 5.74) is 0.662. The maximum absolute atomic E-state index is 10.2. The summed E-state index contributed by atoms with van der Waals surface area (Å²) in [6, 6.07) is 81.2. The second kappa shape index (κ2) is 24.6. The Morgan fingerprint density at radius 3 is 0.526 bits per heavy atom. The molecule has 0 aliphatic carbocycles. The van der Waals surface area contributed by atoms with Crippen molar-refractivity contribution in [2.24, 2.45) is 0 Å². The van der Waals surface area contributed by atoms with Gasteiger partial charge in [0.15, 0.2) is 0 Å². The third kappa shape index (κ3) is 14.3. The van der Waals surface area contributed by atoms with Crippen LogP contribution < -0.4 is 31.8 Å². The zero-order valence-corrected chi connectivity index (χ0v) is 34.6. The Labute approximate surface area is 350 Å². The standard InChI is InChI=1S/2C18H15P.2C7H6O2.Ru/c2*1-4-10-16(11-5-1)19(17-12-6-2-7-13-17)18-14-8-3-9-15-18;2*8-7(9)6-4-2-1-3-5-6;/h2*1-15H;2*1-5H,(H,8,9);. The van der Waals surface area contributed by atoms with Crippen LogP contribution in [-0.2, 0) is 19.5 Å². The minimum Gasteiger partial charge on any atom is -0.478 e. The molecule has 8 rings (SSSR count). The number of hydrogen-bond donors (Lipinski definition) is 2. The molecule has 0 amide bonds. The van der Waals surface area contributed by atoms with E-state index < -0.39 is 27.8 Å². The van der Waals surface area contributed by atoms with E-state index in [1.165, 1.54) is 31.8 Å². The molecule has 8 aromatic carbocycles. The maximum Gasteiger partial charge on any atom is 0.335 e. The molecule has 0 atom stereocenters. The zero-order chi connectivity index (χ0) is 39.2. The van der Waals surface area contributed by atoms with Gasteiger partial charge in [-0.2, -0.15) is 0 Å². The molecule has 0 radical (unpaired) electrons. The van der Waals surface area contributed by atoms with Crippen molar-refractivity contribution >= 4 is 59.6 Å². The minimum absolute atomic E-state index is 0. The molecule has 0 aromatic heterocycles. The Morgan fingerprint density at radius 1 is 0.263 bits per heavy atom. The van der Waals surface area contributed by atoms with E-state index >= 15 is 0 Å². The van der Waals surface area contributed by atoms with Crippen molar-refractivity contribution in [2.45, 2.75) is 0 Å². The molecule has 0 unspecified atom stereocenters. The summed E-state index contributed by atoms with van der Waals surface area (Å²) in [5, 5.41) is 25.2. The number of hydrogen-bond acceptors (Lipinski definition) is 2. The van der Waals surface area contributed by atoms with Crippen LogP contribution >= 0.6 is 15.8 Å². The first-order chi connectivity index (χ1) is 27.5. The zero-order valence-electron chi connectivity index (χ0n) is 31.1. The van der Waals surface area contributed by atoms with Crippen LogP contribution in [0, 0.1) is 0 Å².